The largest absolute Gasteiger partial charge is 0.379 e. The number of hydrogen-bond acceptors (Lipinski definition) is 5. The number of aromatic nitrogens is 1. The molecule has 0 saturated carbocycles. The smallest absolute Gasteiger partial charge is 0.0897 e. The van der Waals surface area contributed by atoms with Crippen molar-refractivity contribution in [1.82, 2.24) is 15.2 Å². The second-order valence-electron chi connectivity index (χ2n) is 5.12. The number of rotatable bonds is 10. The van der Waals surface area contributed by atoms with Gasteiger partial charge in [-0.25, -0.2) is 4.98 Å². The van der Waals surface area contributed by atoms with Crippen LogP contribution in [0.15, 0.2) is 5.38 Å². The molecule has 1 aromatic heterocycles. The van der Waals surface area contributed by atoms with E-state index < -0.39 is 0 Å². The summed E-state index contributed by atoms with van der Waals surface area (Å²) in [6.07, 6.45) is 1.42. The van der Waals surface area contributed by atoms with E-state index in [1.54, 1.807) is 11.3 Å². The van der Waals surface area contributed by atoms with Crippen LogP contribution in [0.4, 0.5) is 0 Å². The van der Waals surface area contributed by atoms with E-state index in [4.69, 9.17) is 4.74 Å². The number of aryl methyl sites for hydroxylation is 1. The quantitative estimate of drug-likeness (QED) is 0.669. The van der Waals surface area contributed by atoms with Crippen LogP contribution < -0.4 is 5.32 Å². The minimum absolute atomic E-state index is 0.340. The predicted octanol–water partition coefficient (Wildman–Crippen LogP) is 2.29. The number of ether oxygens (including phenoxy) is 1. The Labute approximate surface area is 121 Å². The summed E-state index contributed by atoms with van der Waals surface area (Å²) in [7, 11) is 2.14. The van der Waals surface area contributed by atoms with Crippen LogP contribution in [0.25, 0.3) is 0 Å². The van der Waals surface area contributed by atoms with E-state index in [9.17, 15) is 0 Å². The molecule has 0 aliphatic rings. The van der Waals surface area contributed by atoms with Crippen LogP contribution in [0.1, 0.15) is 31.0 Å². The Hall–Kier alpha value is -0.490. The van der Waals surface area contributed by atoms with Crippen molar-refractivity contribution in [2.45, 2.75) is 39.8 Å². The molecule has 19 heavy (non-hydrogen) atoms. The molecule has 1 aromatic rings. The van der Waals surface area contributed by atoms with E-state index in [1.807, 2.05) is 0 Å². The second-order valence-corrected chi connectivity index (χ2v) is 6.18. The molecule has 0 aliphatic carbocycles. The second kappa shape index (κ2) is 9.42. The van der Waals surface area contributed by atoms with Crippen molar-refractivity contribution in [2.24, 2.45) is 0 Å². The van der Waals surface area contributed by atoms with Gasteiger partial charge in [0.15, 0.2) is 0 Å². The lowest BCUT2D eigenvalue weighted by Crippen LogP contribution is -2.30. The van der Waals surface area contributed by atoms with Crippen molar-refractivity contribution < 1.29 is 4.74 Å². The van der Waals surface area contributed by atoms with Gasteiger partial charge in [-0.15, -0.1) is 11.3 Å². The molecule has 4 nitrogen and oxygen atoms in total. The summed E-state index contributed by atoms with van der Waals surface area (Å²) in [5.41, 5.74) is 1.18. The van der Waals surface area contributed by atoms with Crippen molar-refractivity contribution in [3.05, 3.63) is 16.1 Å². The van der Waals surface area contributed by atoms with Crippen molar-refractivity contribution >= 4 is 11.3 Å². The van der Waals surface area contributed by atoms with Crippen molar-refractivity contribution in [3.63, 3.8) is 0 Å². The summed E-state index contributed by atoms with van der Waals surface area (Å²) >= 11 is 1.72. The highest BCUT2D eigenvalue weighted by atomic mass is 32.1. The van der Waals surface area contributed by atoms with Gasteiger partial charge < -0.3 is 10.1 Å². The lowest BCUT2D eigenvalue weighted by molar-refractivity contribution is 0.0770. The summed E-state index contributed by atoms with van der Waals surface area (Å²) < 4.78 is 5.49. The predicted molar refractivity (Wildman–Crippen MR) is 81.8 cm³/mol. The molecule has 0 unspecified atom stereocenters. The summed E-state index contributed by atoms with van der Waals surface area (Å²) in [5, 5.41) is 6.73. The van der Waals surface area contributed by atoms with Gasteiger partial charge in [0.2, 0.25) is 0 Å². The minimum atomic E-state index is 0.340. The summed E-state index contributed by atoms with van der Waals surface area (Å²) in [6, 6.07) is 0. The normalized spacial score (nSPS) is 11.7. The van der Waals surface area contributed by atoms with Gasteiger partial charge in [0.1, 0.15) is 0 Å². The highest BCUT2D eigenvalue weighted by Gasteiger charge is 2.03. The molecule has 0 fully saturated rings. The zero-order valence-corrected chi connectivity index (χ0v) is 13.4. The standard InChI is InChI=1S/C14H27N3OS/c1-12(2)18-9-5-6-15-7-8-17(4)10-14-11-19-13(3)16-14/h11-12,15H,5-10H2,1-4H3. The van der Waals surface area contributed by atoms with Crippen LogP contribution in [0, 0.1) is 6.92 Å². The summed E-state index contributed by atoms with van der Waals surface area (Å²) in [6.45, 7) is 11.1. The fourth-order valence-electron chi connectivity index (χ4n) is 1.75. The lowest BCUT2D eigenvalue weighted by atomic mass is 10.4. The van der Waals surface area contributed by atoms with Crippen molar-refractivity contribution in [3.8, 4) is 0 Å². The maximum atomic E-state index is 5.49. The number of likely N-dealkylation sites (N-methyl/N-ethyl adjacent to an activating group) is 1. The molecule has 1 rings (SSSR count). The molecule has 0 amide bonds. The van der Waals surface area contributed by atoms with E-state index in [2.05, 4.69) is 48.4 Å². The Bertz CT molecular complexity index is 341. The molecule has 1 N–H and O–H groups in total. The Balaban J connectivity index is 1.97. The molecule has 110 valence electrons. The van der Waals surface area contributed by atoms with Gasteiger partial charge >= 0.3 is 0 Å². The molecule has 0 atom stereocenters. The Morgan fingerprint density at radius 2 is 2.21 bits per heavy atom. The van der Waals surface area contributed by atoms with Gasteiger partial charge in [-0.1, -0.05) is 0 Å². The third-order valence-electron chi connectivity index (χ3n) is 2.72. The van der Waals surface area contributed by atoms with Gasteiger partial charge in [-0.05, 0) is 40.8 Å². The van der Waals surface area contributed by atoms with E-state index in [0.717, 1.165) is 44.2 Å². The van der Waals surface area contributed by atoms with Gasteiger partial charge in [-0.3, -0.25) is 4.90 Å². The first-order valence-electron chi connectivity index (χ1n) is 7.00. The minimum Gasteiger partial charge on any atom is -0.379 e. The lowest BCUT2D eigenvalue weighted by Gasteiger charge is -2.15. The third-order valence-corrected chi connectivity index (χ3v) is 3.54. The molecule has 0 saturated heterocycles. The van der Waals surface area contributed by atoms with E-state index in [-0.39, 0.29) is 0 Å². The van der Waals surface area contributed by atoms with Gasteiger partial charge in [0, 0.05) is 31.6 Å². The van der Waals surface area contributed by atoms with Gasteiger partial charge in [0.05, 0.1) is 16.8 Å². The average Bonchev–Trinajstić information content (AvgIpc) is 2.73. The maximum absolute atomic E-state index is 5.49. The SMILES string of the molecule is Cc1nc(CN(C)CCNCCCOC(C)C)cs1. The number of nitrogens with zero attached hydrogens (tertiary/aromatic N) is 2. The van der Waals surface area contributed by atoms with Crippen LogP contribution in [0.2, 0.25) is 0 Å². The summed E-state index contributed by atoms with van der Waals surface area (Å²) in [5.74, 6) is 0. The zero-order chi connectivity index (χ0) is 14.1. The van der Waals surface area contributed by atoms with Gasteiger partial charge in [-0.2, -0.15) is 0 Å². The molecule has 0 spiro atoms. The topological polar surface area (TPSA) is 37.4 Å². The van der Waals surface area contributed by atoms with E-state index >= 15 is 0 Å². The first kappa shape index (κ1) is 16.6. The van der Waals surface area contributed by atoms with Crippen LogP contribution in [0.3, 0.4) is 0 Å². The molecule has 0 radical (unpaired) electrons. The Kier molecular flexibility index (Phi) is 8.21. The van der Waals surface area contributed by atoms with Crippen LogP contribution >= 0.6 is 11.3 Å². The van der Waals surface area contributed by atoms with Crippen molar-refractivity contribution in [1.29, 1.82) is 0 Å². The molecular formula is C14H27N3OS. The Morgan fingerprint density at radius 3 is 2.84 bits per heavy atom. The van der Waals surface area contributed by atoms with E-state index in [0.29, 0.717) is 6.10 Å². The Morgan fingerprint density at radius 1 is 1.42 bits per heavy atom. The summed E-state index contributed by atoms with van der Waals surface area (Å²) in [4.78, 5) is 6.77. The van der Waals surface area contributed by atoms with Gasteiger partial charge in [0.25, 0.3) is 0 Å². The monoisotopic (exact) mass is 285 g/mol. The molecule has 0 aliphatic heterocycles. The van der Waals surface area contributed by atoms with Crippen molar-refractivity contribution in [2.75, 3.05) is 33.3 Å². The number of hydrogen-bond donors (Lipinski definition) is 1. The fraction of sp³-hybridized carbons (Fsp3) is 0.786. The number of thiazole rings is 1. The highest BCUT2D eigenvalue weighted by molar-refractivity contribution is 7.09. The van der Waals surface area contributed by atoms with Crippen LogP contribution in [-0.4, -0.2) is 49.3 Å². The molecular weight excluding hydrogens is 258 g/mol. The van der Waals surface area contributed by atoms with Crippen LogP contribution in [-0.2, 0) is 11.3 Å². The maximum Gasteiger partial charge on any atom is 0.0897 e. The molecule has 0 bridgehead atoms. The fourth-order valence-corrected chi connectivity index (χ4v) is 2.35. The number of nitrogens with one attached hydrogen (secondary N) is 1. The first-order valence-corrected chi connectivity index (χ1v) is 7.87. The van der Waals surface area contributed by atoms with E-state index in [1.165, 1.54) is 5.69 Å². The van der Waals surface area contributed by atoms with Crippen LogP contribution in [0.5, 0.6) is 0 Å². The zero-order valence-electron chi connectivity index (χ0n) is 12.6. The highest BCUT2D eigenvalue weighted by Crippen LogP contribution is 2.09. The average molecular weight is 285 g/mol. The third kappa shape index (κ3) is 8.31. The molecule has 1 heterocycles. The molecule has 0 aromatic carbocycles. The first-order chi connectivity index (χ1) is 9.08. The molecule has 5 heteroatoms.